The molecule has 0 aromatic carbocycles. The van der Waals surface area contributed by atoms with E-state index in [1.807, 2.05) is 0 Å². The lowest BCUT2D eigenvalue weighted by molar-refractivity contribution is 0.102. The molecule has 1 aliphatic carbocycles. The van der Waals surface area contributed by atoms with Crippen LogP contribution in [0.1, 0.15) is 39.5 Å². The van der Waals surface area contributed by atoms with Crippen molar-refractivity contribution < 1.29 is 4.74 Å². The molecular formula is C14H28N2O. The summed E-state index contributed by atoms with van der Waals surface area (Å²) in [4.78, 5) is 2.54. The van der Waals surface area contributed by atoms with Gasteiger partial charge in [0.05, 0.1) is 6.61 Å². The summed E-state index contributed by atoms with van der Waals surface area (Å²) in [7, 11) is 0. The Morgan fingerprint density at radius 1 is 1.18 bits per heavy atom. The molecule has 0 bridgehead atoms. The predicted octanol–water partition coefficient (Wildman–Crippen LogP) is 1.88. The minimum atomic E-state index is 0.748. The summed E-state index contributed by atoms with van der Waals surface area (Å²) in [5.74, 6) is 0.758. The van der Waals surface area contributed by atoms with E-state index in [9.17, 15) is 0 Å². The van der Waals surface area contributed by atoms with Crippen molar-refractivity contribution >= 4 is 0 Å². The van der Waals surface area contributed by atoms with E-state index in [1.54, 1.807) is 0 Å². The van der Waals surface area contributed by atoms with Gasteiger partial charge in [-0.25, -0.2) is 0 Å². The Bertz CT molecular complexity index is 216. The van der Waals surface area contributed by atoms with Crippen molar-refractivity contribution in [1.29, 1.82) is 0 Å². The summed E-state index contributed by atoms with van der Waals surface area (Å²) in [6.07, 6.45) is 5.30. The Kier molecular flexibility index (Phi) is 5.26. The first-order valence-corrected chi connectivity index (χ1v) is 7.30. The van der Waals surface area contributed by atoms with Crippen molar-refractivity contribution in [3.8, 4) is 0 Å². The van der Waals surface area contributed by atoms with Gasteiger partial charge in [0.25, 0.3) is 0 Å². The van der Waals surface area contributed by atoms with Gasteiger partial charge in [-0.3, -0.25) is 4.90 Å². The molecule has 1 saturated carbocycles. The molecule has 1 heterocycles. The number of nitrogens with zero attached hydrogens (tertiary/aromatic N) is 1. The van der Waals surface area contributed by atoms with Crippen LogP contribution in [0, 0.1) is 5.92 Å². The molecule has 3 heteroatoms. The second kappa shape index (κ2) is 6.72. The molecule has 1 aliphatic heterocycles. The molecule has 1 N–H and O–H groups in total. The minimum absolute atomic E-state index is 0.748. The molecule has 0 aromatic rings. The van der Waals surface area contributed by atoms with Crippen LogP contribution in [0.4, 0.5) is 0 Å². The zero-order valence-corrected chi connectivity index (χ0v) is 11.5. The molecule has 100 valence electrons. The molecule has 0 radical (unpaired) electrons. The van der Waals surface area contributed by atoms with Crippen LogP contribution in [-0.2, 0) is 4.74 Å². The lowest BCUT2D eigenvalue weighted by Crippen LogP contribution is -2.34. The topological polar surface area (TPSA) is 24.5 Å². The average Bonchev–Trinajstić information content (AvgIpc) is 2.97. The summed E-state index contributed by atoms with van der Waals surface area (Å²) < 4.78 is 5.67. The maximum absolute atomic E-state index is 5.67. The largest absolute Gasteiger partial charge is 0.380 e. The van der Waals surface area contributed by atoms with E-state index in [1.165, 1.54) is 38.8 Å². The third-order valence-electron chi connectivity index (χ3n) is 3.71. The lowest BCUT2D eigenvalue weighted by Gasteiger charge is -2.16. The van der Waals surface area contributed by atoms with Crippen molar-refractivity contribution in [2.75, 3.05) is 32.8 Å². The molecular weight excluding hydrogens is 212 g/mol. The zero-order valence-electron chi connectivity index (χ0n) is 11.5. The van der Waals surface area contributed by atoms with E-state index in [4.69, 9.17) is 4.74 Å². The highest BCUT2D eigenvalue weighted by Gasteiger charge is 2.28. The van der Waals surface area contributed by atoms with Crippen molar-refractivity contribution in [3.63, 3.8) is 0 Å². The second-order valence-electron chi connectivity index (χ2n) is 6.02. The van der Waals surface area contributed by atoms with Crippen molar-refractivity contribution in [2.24, 2.45) is 5.92 Å². The van der Waals surface area contributed by atoms with E-state index in [0.717, 1.165) is 37.8 Å². The van der Waals surface area contributed by atoms with Crippen LogP contribution < -0.4 is 5.32 Å². The van der Waals surface area contributed by atoms with E-state index in [0.29, 0.717) is 0 Å². The maximum Gasteiger partial charge on any atom is 0.0593 e. The number of ether oxygens (including phenoxy) is 1. The van der Waals surface area contributed by atoms with Crippen LogP contribution >= 0.6 is 0 Å². The molecule has 17 heavy (non-hydrogen) atoms. The SMILES string of the molecule is CC(C)CCOCCN1CCC(NC2CC2)C1. The molecule has 1 atom stereocenters. The summed E-state index contributed by atoms with van der Waals surface area (Å²) >= 11 is 0. The molecule has 0 spiro atoms. The van der Waals surface area contributed by atoms with Gasteiger partial charge < -0.3 is 10.1 Å². The van der Waals surface area contributed by atoms with Crippen LogP contribution in [0.25, 0.3) is 0 Å². The second-order valence-corrected chi connectivity index (χ2v) is 6.02. The standard InChI is InChI=1S/C14H28N2O/c1-12(2)6-9-17-10-8-16-7-5-14(11-16)15-13-3-4-13/h12-15H,3-11H2,1-2H3. The van der Waals surface area contributed by atoms with Crippen LogP contribution in [-0.4, -0.2) is 49.8 Å². The monoisotopic (exact) mass is 240 g/mol. The van der Waals surface area contributed by atoms with Crippen molar-refractivity contribution in [3.05, 3.63) is 0 Å². The summed E-state index contributed by atoms with van der Waals surface area (Å²) in [5, 5.41) is 3.72. The highest BCUT2D eigenvalue weighted by Crippen LogP contribution is 2.21. The van der Waals surface area contributed by atoms with Gasteiger partial charge in [0.15, 0.2) is 0 Å². The van der Waals surface area contributed by atoms with Gasteiger partial charge >= 0.3 is 0 Å². The fraction of sp³-hybridized carbons (Fsp3) is 1.00. The Morgan fingerprint density at radius 2 is 2.00 bits per heavy atom. The summed E-state index contributed by atoms with van der Waals surface area (Å²) in [6, 6.07) is 1.60. The van der Waals surface area contributed by atoms with Crippen LogP contribution in [0.2, 0.25) is 0 Å². The number of nitrogens with one attached hydrogen (secondary N) is 1. The van der Waals surface area contributed by atoms with Gasteiger partial charge in [-0.05, 0) is 38.1 Å². The normalized spacial score (nSPS) is 25.9. The fourth-order valence-electron chi connectivity index (χ4n) is 2.37. The maximum atomic E-state index is 5.67. The zero-order chi connectivity index (χ0) is 12.1. The van der Waals surface area contributed by atoms with E-state index >= 15 is 0 Å². The molecule has 0 amide bonds. The Balaban J connectivity index is 1.46. The van der Waals surface area contributed by atoms with E-state index < -0.39 is 0 Å². The quantitative estimate of drug-likeness (QED) is 0.656. The summed E-state index contributed by atoms with van der Waals surface area (Å²) in [6.45, 7) is 9.91. The number of hydrogen-bond donors (Lipinski definition) is 1. The molecule has 2 fully saturated rings. The van der Waals surface area contributed by atoms with Crippen molar-refractivity contribution in [2.45, 2.75) is 51.6 Å². The van der Waals surface area contributed by atoms with Gasteiger partial charge in [0, 0.05) is 31.8 Å². The van der Waals surface area contributed by atoms with Gasteiger partial charge in [-0.15, -0.1) is 0 Å². The third kappa shape index (κ3) is 5.36. The van der Waals surface area contributed by atoms with Crippen LogP contribution in [0.15, 0.2) is 0 Å². The molecule has 0 aromatic heterocycles. The third-order valence-corrected chi connectivity index (χ3v) is 3.71. The van der Waals surface area contributed by atoms with E-state index in [-0.39, 0.29) is 0 Å². The van der Waals surface area contributed by atoms with Gasteiger partial charge in [0.1, 0.15) is 0 Å². The summed E-state index contributed by atoms with van der Waals surface area (Å²) in [5.41, 5.74) is 0. The highest BCUT2D eigenvalue weighted by molar-refractivity contribution is 4.89. The minimum Gasteiger partial charge on any atom is -0.380 e. The molecule has 1 saturated heterocycles. The Hall–Kier alpha value is -0.120. The van der Waals surface area contributed by atoms with Gasteiger partial charge in [-0.1, -0.05) is 13.8 Å². The molecule has 2 rings (SSSR count). The molecule has 1 unspecified atom stereocenters. The first kappa shape index (κ1) is 13.3. The first-order chi connectivity index (χ1) is 8.24. The highest BCUT2D eigenvalue weighted by atomic mass is 16.5. The lowest BCUT2D eigenvalue weighted by atomic mass is 10.1. The predicted molar refractivity (Wildman–Crippen MR) is 71.3 cm³/mol. The van der Waals surface area contributed by atoms with Gasteiger partial charge in [-0.2, -0.15) is 0 Å². The van der Waals surface area contributed by atoms with Crippen LogP contribution in [0.3, 0.4) is 0 Å². The fourth-order valence-corrected chi connectivity index (χ4v) is 2.37. The average molecular weight is 240 g/mol. The number of likely N-dealkylation sites (tertiary alicyclic amines) is 1. The Morgan fingerprint density at radius 3 is 2.71 bits per heavy atom. The number of rotatable bonds is 8. The van der Waals surface area contributed by atoms with Crippen molar-refractivity contribution in [1.82, 2.24) is 10.2 Å². The smallest absolute Gasteiger partial charge is 0.0593 e. The van der Waals surface area contributed by atoms with Crippen LogP contribution in [0.5, 0.6) is 0 Å². The van der Waals surface area contributed by atoms with Gasteiger partial charge in [0.2, 0.25) is 0 Å². The molecule has 2 aliphatic rings. The number of hydrogen-bond acceptors (Lipinski definition) is 3. The van der Waals surface area contributed by atoms with E-state index in [2.05, 4.69) is 24.1 Å². The Labute approximate surface area is 106 Å². The first-order valence-electron chi connectivity index (χ1n) is 7.30. The molecule has 3 nitrogen and oxygen atoms in total.